The van der Waals surface area contributed by atoms with Gasteiger partial charge in [0.05, 0.1) is 0 Å². The van der Waals surface area contributed by atoms with Crippen LogP contribution in [-0.2, 0) is 11.2 Å². The van der Waals surface area contributed by atoms with Gasteiger partial charge in [-0.25, -0.2) is 0 Å². The van der Waals surface area contributed by atoms with E-state index in [0.717, 1.165) is 51.3 Å². The van der Waals surface area contributed by atoms with Crippen molar-refractivity contribution in [3.63, 3.8) is 0 Å². The van der Waals surface area contributed by atoms with Crippen molar-refractivity contribution in [2.24, 2.45) is 0 Å². The summed E-state index contributed by atoms with van der Waals surface area (Å²) in [6, 6.07) is 8.27. The third-order valence-corrected chi connectivity index (χ3v) is 4.57. The topological polar surface area (TPSA) is 35.6 Å². The lowest BCUT2D eigenvalue weighted by atomic mass is 9.97. The maximum Gasteiger partial charge on any atom is 0.245 e. The highest BCUT2D eigenvalue weighted by atomic mass is 16.2. The number of carbonyl (C=O) groups is 1. The van der Waals surface area contributed by atoms with Crippen molar-refractivity contribution in [3.8, 4) is 0 Å². The van der Waals surface area contributed by atoms with Crippen LogP contribution in [0, 0.1) is 0 Å². The average Bonchev–Trinajstić information content (AvgIpc) is 2.55. The van der Waals surface area contributed by atoms with Crippen LogP contribution >= 0.6 is 0 Å². The summed E-state index contributed by atoms with van der Waals surface area (Å²) in [5.41, 5.74) is 2.46. The standard InChI is InChI=1S/C17H25N3O/c1-2-9-19-10-12-20(13-11-19)17(21)16-8-7-14-5-3-4-6-15(14)18-16/h3-6,16,18H,2,7-13H2,1H3. The number of nitrogens with zero attached hydrogens (tertiary/aromatic N) is 2. The molecule has 2 aliphatic rings. The highest BCUT2D eigenvalue weighted by Gasteiger charge is 2.29. The number of benzene rings is 1. The Morgan fingerprint density at radius 2 is 2.00 bits per heavy atom. The molecule has 1 unspecified atom stereocenters. The van der Waals surface area contributed by atoms with Gasteiger partial charge in [-0.2, -0.15) is 0 Å². The largest absolute Gasteiger partial charge is 0.373 e. The molecule has 0 spiro atoms. The lowest BCUT2D eigenvalue weighted by Gasteiger charge is -2.37. The molecule has 1 fully saturated rings. The van der Waals surface area contributed by atoms with E-state index in [4.69, 9.17) is 0 Å². The molecule has 2 aliphatic heterocycles. The van der Waals surface area contributed by atoms with Crippen molar-refractivity contribution >= 4 is 11.6 Å². The highest BCUT2D eigenvalue weighted by Crippen LogP contribution is 2.25. The molecule has 1 atom stereocenters. The molecule has 1 N–H and O–H groups in total. The Bertz CT molecular complexity index is 495. The van der Waals surface area contributed by atoms with Crippen LogP contribution in [0.1, 0.15) is 25.3 Å². The normalized spacial score (nSPS) is 22.5. The first kappa shape index (κ1) is 14.4. The SMILES string of the molecule is CCCN1CCN(C(=O)C2CCc3ccccc3N2)CC1. The summed E-state index contributed by atoms with van der Waals surface area (Å²) in [6.07, 6.45) is 3.09. The predicted octanol–water partition coefficient (Wildman–Crippen LogP) is 1.97. The van der Waals surface area contributed by atoms with Gasteiger partial charge < -0.3 is 10.2 Å². The van der Waals surface area contributed by atoms with Gasteiger partial charge >= 0.3 is 0 Å². The van der Waals surface area contributed by atoms with Crippen molar-refractivity contribution in [2.75, 3.05) is 38.0 Å². The van der Waals surface area contributed by atoms with Crippen molar-refractivity contribution in [1.29, 1.82) is 0 Å². The number of nitrogens with one attached hydrogen (secondary N) is 1. The number of piperazine rings is 1. The van der Waals surface area contributed by atoms with Gasteiger partial charge in [-0.3, -0.25) is 9.69 Å². The van der Waals surface area contributed by atoms with Gasteiger partial charge in [0.25, 0.3) is 0 Å². The quantitative estimate of drug-likeness (QED) is 0.923. The average molecular weight is 287 g/mol. The molecule has 4 heteroatoms. The van der Waals surface area contributed by atoms with E-state index in [1.165, 1.54) is 12.0 Å². The van der Waals surface area contributed by atoms with Crippen LogP contribution in [0.3, 0.4) is 0 Å². The lowest BCUT2D eigenvalue weighted by Crippen LogP contribution is -2.53. The van der Waals surface area contributed by atoms with Gasteiger partial charge in [-0.15, -0.1) is 0 Å². The minimum absolute atomic E-state index is 0.0439. The van der Waals surface area contributed by atoms with Gasteiger partial charge in [0, 0.05) is 31.9 Å². The van der Waals surface area contributed by atoms with Gasteiger partial charge in [-0.1, -0.05) is 25.1 Å². The summed E-state index contributed by atoms with van der Waals surface area (Å²) in [5, 5.41) is 3.43. The smallest absolute Gasteiger partial charge is 0.245 e. The second kappa shape index (κ2) is 6.48. The summed E-state index contributed by atoms with van der Waals surface area (Å²) in [4.78, 5) is 17.2. The minimum Gasteiger partial charge on any atom is -0.373 e. The number of amides is 1. The zero-order chi connectivity index (χ0) is 14.7. The first-order valence-electron chi connectivity index (χ1n) is 8.13. The minimum atomic E-state index is -0.0439. The van der Waals surface area contributed by atoms with E-state index in [9.17, 15) is 4.79 Å². The second-order valence-electron chi connectivity index (χ2n) is 6.06. The molecule has 0 saturated carbocycles. The van der Waals surface area contributed by atoms with Gasteiger partial charge in [-0.05, 0) is 37.4 Å². The molecule has 1 aromatic rings. The number of rotatable bonds is 3. The van der Waals surface area contributed by atoms with Crippen LogP contribution < -0.4 is 5.32 Å². The van der Waals surface area contributed by atoms with E-state index in [2.05, 4.69) is 35.3 Å². The van der Waals surface area contributed by atoms with E-state index in [1.807, 2.05) is 11.0 Å². The summed E-state index contributed by atoms with van der Waals surface area (Å²) in [5.74, 6) is 0.278. The van der Waals surface area contributed by atoms with Crippen LogP contribution in [0.15, 0.2) is 24.3 Å². The van der Waals surface area contributed by atoms with Crippen LogP contribution in [-0.4, -0.2) is 54.5 Å². The van der Waals surface area contributed by atoms with Crippen LogP contribution in [0.4, 0.5) is 5.69 Å². The first-order valence-corrected chi connectivity index (χ1v) is 8.13. The molecular formula is C17H25N3O. The molecule has 4 nitrogen and oxygen atoms in total. The summed E-state index contributed by atoms with van der Waals surface area (Å²) in [6.45, 7) is 7.14. The summed E-state index contributed by atoms with van der Waals surface area (Å²) >= 11 is 0. The molecule has 0 aliphatic carbocycles. The van der Waals surface area contributed by atoms with E-state index in [1.54, 1.807) is 0 Å². The molecule has 114 valence electrons. The zero-order valence-electron chi connectivity index (χ0n) is 12.8. The molecule has 3 rings (SSSR count). The Morgan fingerprint density at radius 1 is 1.24 bits per heavy atom. The van der Waals surface area contributed by atoms with Crippen molar-refractivity contribution in [1.82, 2.24) is 9.80 Å². The monoisotopic (exact) mass is 287 g/mol. The Labute approximate surface area is 127 Å². The molecule has 1 aromatic carbocycles. The summed E-state index contributed by atoms with van der Waals surface area (Å²) in [7, 11) is 0. The number of hydrogen-bond donors (Lipinski definition) is 1. The van der Waals surface area contributed by atoms with E-state index in [0.29, 0.717) is 0 Å². The lowest BCUT2D eigenvalue weighted by molar-refractivity contribution is -0.134. The van der Waals surface area contributed by atoms with Crippen LogP contribution in [0.2, 0.25) is 0 Å². The first-order chi connectivity index (χ1) is 10.3. The highest BCUT2D eigenvalue weighted by molar-refractivity contribution is 5.85. The van der Waals surface area contributed by atoms with Gasteiger partial charge in [0.15, 0.2) is 0 Å². The second-order valence-corrected chi connectivity index (χ2v) is 6.06. The molecule has 0 radical (unpaired) electrons. The fourth-order valence-corrected chi connectivity index (χ4v) is 3.35. The van der Waals surface area contributed by atoms with Crippen LogP contribution in [0.25, 0.3) is 0 Å². The molecule has 2 heterocycles. The molecule has 0 bridgehead atoms. The number of anilines is 1. The molecular weight excluding hydrogens is 262 g/mol. The number of aryl methyl sites for hydroxylation is 1. The number of hydrogen-bond acceptors (Lipinski definition) is 3. The Morgan fingerprint density at radius 3 is 2.76 bits per heavy atom. The van der Waals surface area contributed by atoms with Gasteiger partial charge in [0.1, 0.15) is 6.04 Å². The number of carbonyl (C=O) groups excluding carboxylic acids is 1. The van der Waals surface area contributed by atoms with E-state index in [-0.39, 0.29) is 11.9 Å². The number of fused-ring (bicyclic) bond motifs is 1. The fourth-order valence-electron chi connectivity index (χ4n) is 3.35. The van der Waals surface area contributed by atoms with Crippen molar-refractivity contribution in [2.45, 2.75) is 32.2 Å². The molecule has 21 heavy (non-hydrogen) atoms. The predicted molar refractivity (Wildman–Crippen MR) is 85.5 cm³/mol. The van der Waals surface area contributed by atoms with Crippen LogP contribution in [0.5, 0.6) is 0 Å². The van der Waals surface area contributed by atoms with Gasteiger partial charge in [0.2, 0.25) is 5.91 Å². The fraction of sp³-hybridized carbons (Fsp3) is 0.588. The van der Waals surface area contributed by atoms with Crippen molar-refractivity contribution < 1.29 is 4.79 Å². The Hall–Kier alpha value is -1.55. The maximum absolute atomic E-state index is 12.7. The van der Waals surface area contributed by atoms with E-state index < -0.39 is 0 Å². The zero-order valence-corrected chi connectivity index (χ0v) is 12.8. The molecule has 0 aromatic heterocycles. The molecule has 1 saturated heterocycles. The third kappa shape index (κ3) is 3.21. The number of para-hydroxylation sites is 1. The van der Waals surface area contributed by atoms with E-state index >= 15 is 0 Å². The maximum atomic E-state index is 12.7. The summed E-state index contributed by atoms with van der Waals surface area (Å²) < 4.78 is 0. The molecule has 1 amide bonds. The van der Waals surface area contributed by atoms with Crippen molar-refractivity contribution in [3.05, 3.63) is 29.8 Å². The Balaban J connectivity index is 1.57. The third-order valence-electron chi connectivity index (χ3n) is 4.57. The Kier molecular flexibility index (Phi) is 4.44.